The predicted octanol–water partition coefficient (Wildman–Crippen LogP) is -2.94. The molecule has 0 saturated carbocycles. The number of aliphatic hydroxyl groups is 1. The van der Waals surface area contributed by atoms with Crippen LogP contribution in [0.25, 0.3) is 0 Å². The zero-order valence-electron chi connectivity index (χ0n) is 12.3. The Hall–Kier alpha value is -0.380. The van der Waals surface area contributed by atoms with E-state index in [2.05, 4.69) is 4.98 Å². The number of carbonyl (C=O) groups excluding carboxylic acids is 2. The molecule has 1 fully saturated rings. The summed E-state index contributed by atoms with van der Waals surface area (Å²) >= 11 is 2.66. The van der Waals surface area contributed by atoms with Gasteiger partial charge >= 0.3 is 29.6 Å². The zero-order valence-corrected chi connectivity index (χ0v) is 16.0. The second-order valence-corrected chi connectivity index (χ2v) is 7.34. The van der Waals surface area contributed by atoms with E-state index in [0.717, 1.165) is 4.34 Å². The third kappa shape index (κ3) is 2.65. The van der Waals surface area contributed by atoms with Crippen LogP contribution in [0.3, 0.4) is 0 Å². The number of carboxylic acid groups (broad SMARTS) is 1. The molecular weight excluding hydrogens is 335 g/mol. The van der Waals surface area contributed by atoms with E-state index in [4.69, 9.17) is 0 Å². The molecular formula is C13H13N2NaO4S2. The Labute approximate surface area is 157 Å². The van der Waals surface area contributed by atoms with Crippen LogP contribution in [0.5, 0.6) is 0 Å². The van der Waals surface area contributed by atoms with Crippen LogP contribution in [0.15, 0.2) is 26.5 Å². The van der Waals surface area contributed by atoms with Gasteiger partial charge in [0.05, 0.1) is 29.7 Å². The number of aliphatic hydroxyl groups excluding tert-OH is 1. The van der Waals surface area contributed by atoms with Crippen LogP contribution in [-0.2, 0) is 9.59 Å². The molecule has 4 unspecified atom stereocenters. The largest absolute Gasteiger partial charge is 1.00 e. The summed E-state index contributed by atoms with van der Waals surface area (Å²) in [5.41, 5.74) is -0.0744. The molecule has 112 valence electrons. The number of β-lactam (4-membered cyclic amide) rings is 1. The molecule has 0 bridgehead atoms. The number of aliphatic carboxylic acids is 1. The van der Waals surface area contributed by atoms with Crippen molar-refractivity contribution in [1.29, 1.82) is 0 Å². The molecule has 3 rings (SSSR count). The molecule has 0 aliphatic carbocycles. The van der Waals surface area contributed by atoms with Gasteiger partial charge in [-0.2, -0.15) is 0 Å². The van der Waals surface area contributed by atoms with E-state index in [9.17, 15) is 19.8 Å². The molecule has 3 heterocycles. The van der Waals surface area contributed by atoms with Crippen molar-refractivity contribution in [3.8, 4) is 0 Å². The molecule has 0 aromatic carbocycles. The number of carboxylic acids is 1. The van der Waals surface area contributed by atoms with Crippen LogP contribution in [-0.4, -0.2) is 39.0 Å². The molecule has 0 radical (unpaired) electrons. The van der Waals surface area contributed by atoms with Crippen LogP contribution < -0.4 is 34.7 Å². The Kier molecular flexibility index (Phi) is 5.41. The first-order chi connectivity index (χ1) is 9.93. The molecule has 1 aromatic heterocycles. The number of rotatable bonds is 4. The van der Waals surface area contributed by atoms with Gasteiger partial charge in [-0.05, 0) is 6.92 Å². The van der Waals surface area contributed by atoms with Crippen molar-refractivity contribution >= 4 is 35.0 Å². The quantitative estimate of drug-likeness (QED) is 0.462. The standard InChI is InChI=1S/C13H14N2O4S2.Na/c1-5-8-7(6(2)16)11(17)15(8)9(12(18)19)10(5)21-13-14-3-4-20-13;/h3-8,16H,1-2H3,(H,18,19);/q;+1/p-1. The summed E-state index contributed by atoms with van der Waals surface area (Å²) in [6, 6.07) is -0.312. The van der Waals surface area contributed by atoms with Gasteiger partial charge in [0.2, 0.25) is 5.91 Å². The SMILES string of the molecule is CC(O)C1C(=O)N2C(C(=O)[O-])=C(Sc3nccs3)C(C)C12.[Na+]. The average molecular weight is 348 g/mol. The molecule has 0 spiro atoms. The fourth-order valence-electron chi connectivity index (χ4n) is 3.00. The number of thioether (sulfide) groups is 1. The summed E-state index contributed by atoms with van der Waals surface area (Å²) in [5, 5.41) is 23.0. The number of carbonyl (C=O) groups is 2. The fraction of sp³-hybridized carbons (Fsp3) is 0.462. The van der Waals surface area contributed by atoms with Crippen LogP contribution in [0, 0.1) is 11.8 Å². The Morgan fingerprint density at radius 3 is 2.77 bits per heavy atom. The normalized spacial score (nSPS) is 28.0. The van der Waals surface area contributed by atoms with E-state index in [1.807, 2.05) is 6.92 Å². The van der Waals surface area contributed by atoms with Crippen molar-refractivity contribution in [2.24, 2.45) is 11.8 Å². The van der Waals surface area contributed by atoms with E-state index in [1.165, 1.54) is 28.0 Å². The Bertz CT molecular complexity index is 632. The minimum atomic E-state index is -1.36. The number of hydrogen-bond acceptors (Lipinski definition) is 7. The van der Waals surface area contributed by atoms with Gasteiger partial charge in [0.25, 0.3) is 0 Å². The smallest absolute Gasteiger partial charge is 0.543 e. The number of amides is 1. The molecule has 9 heteroatoms. The first kappa shape index (κ1) is 18.0. The average Bonchev–Trinajstić information content (AvgIpc) is 2.97. The Balaban J connectivity index is 0.00000176. The first-order valence-electron chi connectivity index (χ1n) is 6.47. The summed E-state index contributed by atoms with van der Waals surface area (Å²) in [4.78, 5) is 29.5. The van der Waals surface area contributed by atoms with E-state index < -0.39 is 18.0 Å². The fourth-order valence-corrected chi connectivity index (χ4v) is 4.90. The van der Waals surface area contributed by atoms with Crippen molar-refractivity contribution in [3.05, 3.63) is 22.2 Å². The maximum absolute atomic E-state index is 12.1. The number of thiazole rings is 1. The number of fused-ring (bicyclic) bond motifs is 1. The van der Waals surface area contributed by atoms with E-state index in [-0.39, 0.29) is 53.1 Å². The molecule has 1 amide bonds. The molecule has 2 aliphatic rings. The molecule has 4 atom stereocenters. The van der Waals surface area contributed by atoms with Gasteiger partial charge in [-0.3, -0.25) is 4.79 Å². The van der Waals surface area contributed by atoms with Gasteiger partial charge in [0, 0.05) is 22.4 Å². The zero-order chi connectivity index (χ0) is 15.3. The summed E-state index contributed by atoms with van der Waals surface area (Å²) in [5.74, 6) is -2.43. The third-order valence-electron chi connectivity index (χ3n) is 3.91. The minimum absolute atomic E-state index is 0. The molecule has 22 heavy (non-hydrogen) atoms. The maximum Gasteiger partial charge on any atom is 1.00 e. The van der Waals surface area contributed by atoms with Crippen molar-refractivity contribution < 1.29 is 49.4 Å². The van der Waals surface area contributed by atoms with Gasteiger partial charge in [-0.25, -0.2) is 4.98 Å². The van der Waals surface area contributed by atoms with Gasteiger partial charge in [-0.15, -0.1) is 11.3 Å². The second kappa shape index (κ2) is 6.62. The number of hydrogen-bond donors (Lipinski definition) is 1. The Morgan fingerprint density at radius 2 is 2.27 bits per heavy atom. The molecule has 1 aromatic rings. The van der Waals surface area contributed by atoms with Gasteiger partial charge in [0.1, 0.15) is 0 Å². The molecule has 1 N–H and O–H groups in total. The van der Waals surface area contributed by atoms with E-state index >= 15 is 0 Å². The second-order valence-electron chi connectivity index (χ2n) is 5.15. The topological polar surface area (TPSA) is 93.6 Å². The molecule has 2 aliphatic heterocycles. The van der Waals surface area contributed by atoms with Crippen molar-refractivity contribution in [2.45, 2.75) is 30.3 Å². The summed E-state index contributed by atoms with van der Waals surface area (Å²) in [6.45, 7) is 3.42. The third-order valence-corrected chi connectivity index (χ3v) is 6.08. The Morgan fingerprint density at radius 1 is 1.59 bits per heavy atom. The number of nitrogens with zero attached hydrogens (tertiary/aromatic N) is 2. The summed E-state index contributed by atoms with van der Waals surface area (Å²) in [7, 11) is 0. The van der Waals surface area contributed by atoms with Gasteiger partial charge < -0.3 is 19.9 Å². The van der Waals surface area contributed by atoms with Crippen LogP contribution >= 0.6 is 23.1 Å². The first-order valence-corrected chi connectivity index (χ1v) is 8.17. The van der Waals surface area contributed by atoms with E-state index in [1.54, 1.807) is 18.5 Å². The van der Waals surface area contributed by atoms with Crippen molar-refractivity contribution in [1.82, 2.24) is 9.88 Å². The van der Waals surface area contributed by atoms with Crippen molar-refractivity contribution in [3.63, 3.8) is 0 Å². The maximum atomic E-state index is 12.1. The molecule has 6 nitrogen and oxygen atoms in total. The van der Waals surface area contributed by atoms with Gasteiger partial charge in [-0.1, -0.05) is 18.7 Å². The van der Waals surface area contributed by atoms with Crippen LogP contribution in [0.4, 0.5) is 0 Å². The molecule has 1 saturated heterocycles. The van der Waals surface area contributed by atoms with Gasteiger partial charge in [0.15, 0.2) is 4.34 Å². The van der Waals surface area contributed by atoms with Crippen molar-refractivity contribution in [2.75, 3.05) is 0 Å². The van der Waals surface area contributed by atoms with E-state index in [0.29, 0.717) is 4.91 Å². The number of aromatic nitrogens is 1. The summed E-state index contributed by atoms with van der Waals surface area (Å²) < 4.78 is 0.721. The monoisotopic (exact) mass is 348 g/mol. The minimum Gasteiger partial charge on any atom is -0.543 e. The summed E-state index contributed by atoms with van der Waals surface area (Å²) in [6.07, 6.45) is 0.846. The predicted molar refractivity (Wildman–Crippen MR) is 75.0 cm³/mol. The van der Waals surface area contributed by atoms with Crippen LogP contribution in [0.1, 0.15) is 13.8 Å². The van der Waals surface area contributed by atoms with Crippen LogP contribution in [0.2, 0.25) is 0 Å².